The van der Waals surface area contributed by atoms with E-state index in [0.29, 0.717) is 0 Å². The van der Waals surface area contributed by atoms with E-state index in [1.807, 2.05) is 0 Å². The van der Waals surface area contributed by atoms with Gasteiger partial charge in [0.2, 0.25) is 6.43 Å². The van der Waals surface area contributed by atoms with Crippen molar-refractivity contribution in [3.8, 4) is 0 Å². The van der Waals surface area contributed by atoms with E-state index in [1.165, 1.54) is 12.1 Å². The molecule has 2 N–H and O–H groups in total. The number of benzene rings is 1. The van der Waals surface area contributed by atoms with Crippen LogP contribution in [0.25, 0.3) is 0 Å². The topological polar surface area (TPSA) is 69.2 Å². The largest absolute Gasteiger partial charge is 0.330 e. The first-order chi connectivity index (χ1) is 7.47. The Kier molecular flexibility index (Phi) is 4.14. The highest BCUT2D eigenvalue weighted by Crippen LogP contribution is 2.32. The molecule has 1 rings (SSSR count). The molecule has 0 amide bonds. The molecular formula is C9H9ClF2N2O2. The minimum absolute atomic E-state index is 0.0908. The van der Waals surface area contributed by atoms with Crippen LogP contribution in [0.3, 0.4) is 0 Å². The van der Waals surface area contributed by atoms with Crippen molar-refractivity contribution in [2.75, 3.05) is 6.54 Å². The Morgan fingerprint density at radius 3 is 2.56 bits per heavy atom. The van der Waals surface area contributed by atoms with E-state index in [4.69, 9.17) is 17.3 Å². The number of hydrogen-bond acceptors (Lipinski definition) is 3. The zero-order valence-corrected chi connectivity index (χ0v) is 8.82. The lowest BCUT2D eigenvalue weighted by atomic mass is 9.98. The van der Waals surface area contributed by atoms with Crippen LogP contribution in [0.1, 0.15) is 11.5 Å². The fourth-order valence-electron chi connectivity index (χ4n) is 1.35. The van der Waals surface area contributed by atoms with E-state index in [9.17, 15) is 18.9 Å². The summed E-state index contributed by atoms with van der Waals surface area (Å²) >= 11 is 5.57. The zero-order chi connectivity index (χ0) is 12.3. The first kappa shape index (κ1) is 12.8. The van der Waals surface area contributed by atoms with Gasteiger partial charge in [-0.05, 0) is 6.07 Å². The number of alkyl halides is 2. The maximum atomic E-state index is 12.6. The molecule has 16 heavy (non-hydrogen) atoms. The molecule has 0 saturated carbocycles. The smallest absolute Gasteiger partial charge is 0.274 e. The molecule has 0 heterocycles. The summed E-state index contributed by atoms with van der Waals surface area (Å²) < 4.78 is 25.2. The molecular weight excluding hydrogens is 242 g/mol. The number of halogens is 3. The third-order valence-electron chi connectivity index (χ3n) is 2.15. The van der Waals surface area contributed by atoms with Gasteiger partial charge in [0.05, 0.1) is 10.8 Å². The summed E-state index contributed by atoms with van der Waals surface area (Å²) in [5, 5.41) is 10.8. The standard InChI is InChI=1S/C9H9ClF2N2O2/c10-5-1-2-6(7(4-13)9(11)12)8(3-5)14(15)16/h1-3,7,9H,4,13H2. The number of nitrogens with two attached hydrogens (primary N) is 1. The Hall–Kier alpha value is -1.27. The van der Waals surface area contributed by atoms with Crippen molar-refractivity contribution in [3.63, 3.8) is 0 Å². The fourth-order valence-corrected chi connectivity index (χ4v) is 1.52. The second-order valence-electron chi connectivity index (χ2n) is 3.14. The second kappa shape index (κ2) is 5.18. The van der Waals surface area contributed by atoms with Gasteiger partial charge in [-0.2, -0.15) is 0 Å². The third kappa shape index (κ3) is 2.65. The number of rotatable bonds is 4. The van der Waals surface area contributed by atoms with Crippen LogP contribution in [0.15, 0.2) is 18.2 Å². The van der Waals surface area contributed by atoms with Crippen LogP contribution in [-0.2, 0) is 0 Å². The zero-order valence-electron chi connectivity index (χ0n) is 8.07. The van der Waals surface area contributed by atoms with Crippen LogP contribution in [-0.4, -0.2) is 17.9 Å². The molecule has 0 aliphatic rings. The highest BCUT2D eigenvalue weighted by atomic mass is 35.5. The maximum Gasteiger partial charge on any atom is 0.274 e. The lowest BCUT2D eigenvalue weighted by Crippen LogP contribution is -2.20. The van der Waals surface area contributed by atoms with Gasteiger partial charge in [0, 0.05) is 23.2 Å². The van der Waals surface area contributed by atoms with Crippen LogP contribution in [0.4, 0.5) is 14.5 Å². The molecule has 0 radical (unpaired) electrons. The van der Waals surface area contributed by atoms with Gasteiger partial charge in [-0.3, -0.25) is 10.1 Å². The minimum Gasteiger partial charge on any atom is -0.330 e. The molecule has 0 bridgehead atoms. The van der Waals surface area contributed by atoms with Crippen molar-refractivity contribution in [2.24, 2.45) is 5.73 Å². The molecule has 4 nitrogen and oxygen atoms in total. The lowest BCUT2D eigenvalue weighted by molar-refractivity contribution is -0.385. The first-order valence-electron chi connectivity index (χ1n) is 4.39. The highest BCUT2D eigenvalue weighted by molar-refractivity contribution is 6.30. The van der Waals surface area contributed by atoms with Crippen molar-refractivity contribution in [2.45, 2.75) is 12.3 Å². The molecule has 1 unspecified atom stereocenters. The number of nitro groups is 1. The summed E-state index contributed by atoms with van der Waals surface area (Å²) in [6.07, 6.45) is -2.75. The van der Waals surface area contributed by atoms with E-state index in [2.05, 4.69) is 0 Å². The monoisotopic (exact) mass is 250 g/mol. The van der Waals surface area contributed by atoms with E-state index in [0.717, 1.165) is 6.07 Å². The summed E-state index contributed by atoms with van der Waals surface area (Å²) in [4.78, 5) is 9.93. The molecule has 1 aromatic rings. The Morgan fingerprint density at radius 1 is 1.50 bits per heavy atom. The van der Waals surface area contributed by atoms with Gasteiger partial charge in [0.25, 0.3) is 5.69 Å². The molecule has 0 aromatic heterocycles. The van der Waals surface area contributed by atoms with Crippen LogP contribution in [0, 0.1) is 10.1 Å². The van der Waals surface area contributed by atoms with Crippen LogP contribution in [0.2, 0.25) is 5.02 Å². The van der Waals surface area contributed by atoms with E-state index < -0.39 is 23.0 Å². The van der Waals surface area contributed by atoms with Crippen molar-refractivity contribution in [3.05, 3.63) is 38.9 Å². The number of nitrogens with zero attached hydrogens (tertiary/aromatic N) is 1. The Balaban J connectivity index is 3.26. The average molecular weight is 251 g/mol. The Morgan fingerprint density at radius 2 is 2.12 bits per heavy atom. The summed E-state index contributed by atoms with van der Waals surface area (Å²) in [5.41, 5.74) is 4.66. The first-order valence-corrected chi connectivity index (χ1v) is 4.77. The van der Waals surface area contributed by atoms with Crippen molar-refractivity contribution >= 4 is 17.3 Å². The van der Waals surface area contributed by atoms with Crippen molar-refractivity contribution < 1.29 is 13.7 Å². The van der Waals surface area contributed by atoms with Gasteiger partial charge in [-0.1, -0.05) is 17.7 Å². The molecule has 7 heteroatoms. The third-order valence-corrected chi connectivity index (χ3v) is 2.38. The fraction of sp³-hybridized carbons (Fsp3) is 0.333. The van der Waals surface area contributed by atoms with Crippen molar-refractivity contribution in [1.82, 2.24) is 0 Å². The molecule has 0 spiro atoms. The molecule has 1 aromatic carbocycles. The summed E-state index contributed by atoms with van der Waals surface area (Å²) in [6.45, 7) is -0.361. The highest BCUT2D eigenvalue weighted by Gasteiger charge is 2.28. The average Bonchev–Trinajstić information content (AvgIpc) is 2.20. The summed E-state index contributed by atoms with van der Waals surface area (Å²) in [5.74, 6) is -1.35. The Labute approximate surface area is 95.2 Å². The number of nitro benzene ring substituents is 1. The molecule has 88 valence electrons. The van der Waals surface area contributed by atoms with Gasteiger partial charge in [0.1, 0.15) is 0 Å². The molecule has 0 aliphatic heterocycles. The Bertz CT molecular complexity index is 401. The van der Waals surface area contributed by atoms with E-state index in [1.54, 1.807) is 0 Å². The normalized spacial score (nSPS) is 12.8. The van der Waals surface area contributed by atoms with Gasteiger partial charge >= 0.3 is 0 Å². The predicted molar refractivity (Wildman–Crippen MR) is 55.9 cm³/mol. The molecule has 0 saturated heterocycles. The molecule has 0 aliphatic carbocycles. The van der Waals surface area contributed by atoms with Gasteiger partial charge < -0.3 is 5.73 Å². The number of hydrogen-bond donors (Lipinski definition) is 1. The van der Waals surface area contributed by atoms with Gasteiger partial charge in [-0.15, -0.1) is 0 Å². The van der Waals surface area contributed by atoms with E-state index in [-0.39, 0.29) is 17.1 Å². The van der Waals surface area contributed by atoms with Crippen LogP contribution >= 0.6 is 11.6 Å². The van der Waals surface area contributed by atoms with Crippen molar-refractivity contribution in [1.29, 1.82) is 0 Å². The van der Waals surface area contributed by atoms with Gasteiger partial charge in [-0.25, -0.2) is 8.78 Å². The summed E-state index contributed by atoms with van der Waals surface area (Å²) in [7, 11) is 0. The predicted octanol–water partition coefficient (Wildman–Crippen LogP) is 2.56. The van der Waals surface area contributed by atoms with E-state index >= 15 is 0 Å². The summed E-state index contributed by atoms with van der Waals surface area (Å²) in [6, 6.07) is 3.58. The van der Waals surface area contributed by atoms with Crippen LogP contribution < -0.4 is 5.73 Å². The molecule has 1 atom stereocenters. The maximum absolute atomic E-state index is 12.6. The SMILES string of the molecule is NCC(c1ccc(Cl)cc1[N+](=O)[O-])C(F)F. The quantitative estimate of drug-likeness (QED) is 0.659. The lowest BCUT2D eigenvalue weighted by Gasteiger charge is -2.14. The molecule has 0 fully saturated rings. The second-order valence-corrected chi connectivity index (χ2v) is 3.57. The van der Waals surface area contributed by atoms with Gasteiger partial charge in [0.15, 0.2) is 0 Å². The minimum atomic E-state index is -2.75. The van der Waals surface area contributed by atoms with Crippen LogP contribution in [0.5, 0.6) is 0 Å².